The van der Waals surface area contributed by atoms with E-state index in [-0.39, 0.29) is 11.5 Å². The van der Waals surface area contributed by atoms with E-state index in [1.165, 1.54) is 4.68 Å². The largest absolute Gasteiger partial charge is 0.455 e. The molecule has 0 amide bonds. The highest BCUT2D eigenvalue weighted by atomic mass is 79.9. The minimum Gasteiger partial charge on any atom is -0.455 e. The lowest BCUT2D eigenvalue weighted by molar-refractivity contribution is 0.572. The summed E-state index contributed by atoms with van der Waals surface area (Å²) in [6, 6.07) is 15.3. The van der Waals surface area contributed by atoms with Gasteiger partial charge in [-0.3, -0.25) is 4.79 Å². The van der Waals surface area contributed by atoms with Gasteiger partial charge in [-0.05, 0) is 55.0 Å². The highest BCUT2D eigenvalue weighted by Gasteiger charge is 2.14. The fourth-order valence-corrected chi connectivity index (χ4v) is 4.20. The maximum absolute atomic E-state index is 13.1. The van der Waals surface area contributed by atoms with Crippen LogP contribution >= 0.6 is 31.9 Å². The molecule has 7 heteroatoms. The van der Waals surface area contributed by atoms with Crippen LogP contribution in [-0.2, 0) is 0 Å². The number of halogens is 2. The summed E-state index contributed by atoms with van der Waals surface area (Å²) in [4.78, 5) is 17.7. The molecule has 0 aliphatic rings. The molecular weight excluding hydrogens is 510 g/mol. The summed E-state index contributed by atoms with van der Waals surface area (Å²) in [5.74, 6) is 1.89. The maximum atomic E-state index is 13.1. The fourth-order valence-electron chi connectivity index (χ4n) is 3.15. The second-order valence-electron chi connectivity index (χ2n) is 7.33. The predicted octanol–water partition coefficient (Wildman–Crippen LogP) is 6.50. The summed E-state index contributed by atoms with van der Waals surface area (Å²) in [7, 11) is 0. The number of fused-ring (bicyclic) bond motifs is 1. The third-order valence-electron chi connectivity index (χ3n) is 4.67. The van der Waals surface area contributed by atoms with Crippen LogP contribution in [0.2, 0.25) is 0 Å². The molecule has 4 rings (SSSR count). The van der Waals surface area contributed by atoms with Crippen molar-refractivity contribution in [1.82, 2.24) is 9.66 Å². The van der Waals surface area contributed by atoms with Gasteiger partial charge >= 0.3 is 0 Å². The topological polar surface area (TPSA) is 60.4 Å². The van der Waals surface area contributed by atoms with Gasteiger partial charge < -0.3 is 4.42 Å². The normalized spacial score (nSPS) is 11.8. The Kier molecular flexibility index (Phi) is 5.75. The highest BCUT2D eigenvalue weighted by Crippen LogP contribution is 2.30. The molecule has 0 unspecified atom stereocenters. The van der Waals surface area contributed by atoms with Crippen LogP contribution in [-0.4, -0.2) is 15.9 Å². The van der Waals surface area contributed by atoms with E-state index in [1.807, 2.05) is 63.2 Å². The minimum atomic E-state index is -0.214. The third-order valence-corrected chi connectivity index (χ3v) is 5.82. The van der Waals surface area contributed by atoms with Gasteiger partial charge in [-0.1, -0.05) is 51.8 Å². The van der Waals surface area contributed by atoms with Crippen LogP contribution < -0.4 is 5.56 Å². The Labute approximate surface area is 190 Å². The SMILES string of the molecule is Cc1ccc(-c2ccc(C=Nn3c(C(C)C)nc4ccc(Br)cc4c3=O)o2)c(Br)c1. The molecule has 0 bridgehead atoms. The van der Waals surface area contributed by atoms with E-state index < -0.39 is 0 Å². The lowest BCUT2D eigenvalue weighted by atomic mass is 10.1. The first kappa shape index (κ1) is 20.8. The number of aromatic nitrogens is 2. The molecule has 2 heterocycles. The molecule has 152 valence electrons. The Balaban J connectivity index is 1.75. The van der Waals surface area contributed by atoms with Gasteiger partial charge in [0.05, 0.1) is 17.1 Å². The zero-order chi connectivity index (χ0) is 21.4. The summed E-state index contributed by atoms with van der Waals surface area (Å²) >= 11 is 7.00. The van der Waals surface area contributed by atoms with Crippen LogP contribution in [0.3, 0.4) is 0 Å². The van der Waals surface area contributed by atoms with Crippen LogP contribution in [0.25, 0.3) is 22.2 Å². The van der Waals surface area contributed by atoms with E-state index in [0.29, 0.717) is 22.5 Å². The van der Waals surface area contributed by atoms with Crippen molar-refractivity contribution >= 4 is 49.0 Å². The molecule has 30 heavy (non-hydrogen) atoms. The summed E-state index contributed by atoms with van der Waals surface area (Å²) in [5, 5.41) is 4.93. The van der Waals surface area contributed by atoms with Crippen molar-refractivity contribution in [2.24, 2.45) is 5.10 Å². The van der Waals surface area contributed by atoms with Gasteiger partial charge in [-0.25, -0.2) is 4.98 Å². The van der Waals surface area contributed by atoms with Crippen LogP contribution in [0.5, 0.6) is 0 Å². The molecular formula is C23H19Br2N3O2. The van der Waals surface area contributed by atoms with Crippen molar-refractivity contribution < 1.29 is 4.42 Å². The van der Waals surface area contributed by atoms with Gasteiger partial charge in [0.1, 0.15) is 17.3 Å². The van der Waals surface area contributed by atoms with Crippen LogP contribution in [0.4, 0.5) is 0 Å². The molecule has 5 nitrogen and oxygen atoms in total. The van der Waals surface area contributed by atoms with Gasteiger partial charge in [-0.2, -0.15) is 9.78 Å². The standard InChI is InChI=1S/C23H19Br2N3O2/c1-13(2)22-27-20-8-5-15(24)11-18(20)23(29)28(22)26-12-16-6-9-21(30-16)17-7-4-14(3)10-19(17)25/h4-13H,1-3H3. The smallest absolute Gasteiger partial charge is 0.282 e. The number of aryl methyl sites for hydroxylation is 1. The van der Waals surface area contributed by atoms with Gasteiger partial charge in [-0.15, -0.1) is 0 Å². The van der Waals surface area contributed by atoms with Gasteiger partial charge in [0.2, 0.25) is 0 Å². The Bertz CT molecular complexity index is 1340. The zero-order valence-electron chi connectivity index (χ0n) is 16.7. The van der Waals surface area contributed by atoms with Crippen molar-refractivity contribution in [2.45, 2.75) is 26.7 Å². The first-order chi connectivity index (χ1) is 14.3. The second-order valence-corrected chi connectivity index (χ2v) is 9.10. The van der Waals surface area contributed by atoms with Crippen molar-refractivity contribution in [3.63, 3.8) is 0 Å². The zero-order valence-corrected chi connectivity index (χ0v) is 19.9. The van der Waals surface area contributed by atoms with E-state index in [9.17, 15) is 4.79 Å². The Morgan fingerprint density at radius 2 is 1.90 bits per heavy atom. The van der Waals surface area contributed by atoms with E-state index in [4.69, 9.17) is 4.42 Å². The highest BCUT2D eigenvalue weighted by molar-refractivity contribution is 9.10. The van der Waals surface area contributed by atoms with Crippen molar-refractivity contribution in [2.75, 3.05) is 0 Å². The summed E-state index contributed by atoms with van der Waals surface area (Å²) in [6.45, 7) is 6.01. The molecule has 0 aliphatic heterocycles. The lowest BCUT2D eigenvalue weighted by Gasteiger charge is -2.11. The minimum absolute atomic E-state index is 0.0265. The average Bonchev–Trinajstić information content (AvgIpc) is 3.16. The van der Waals surface area contributed by atoms with E-state index in [1.54, 1.807) is 12.3 Å². The molecule has 0 saturated heterocycles. The molecule has 0 aliphatic carbocycles. The van der Waals surface area contributed by atoms with Crippen LogP contribution in [0.1, 0.15) is 36.9 Å². The molecule has 0 saturated carbocycles. The number of furan rings is 1. The quantitative estimate of drug-likeness (QED) is 0.284. The van der Waals surface area contributed by atoms with Gasteiger partial charge in [0.25, 0.3) is 5.56 Å². The molecule has 2 aromatic heterocycles. The predicted molar refractivity (Wildman–Crippen MR) is 127 cm³/mol. The lowest BCUT2D eigenvalue weighted by Crippen LogP contribution is -2.23. The van der Waals surface area contributed by atoms with Gasteiger partial charge in [0.15, 0.2) is 0 Å². The number of benzene rings is 2. The van der Waals surface area contributed by atoms with Crippen molar-refractivity contribution in [1.29, 1.82) is 0 Å². The van der Waals surface area contributed by atoms with Crippen LogP contribution in [0.15, 0.2) is 71.8 Å². The Morgan fingerprint density at radius 3 is 2.63 bits per heavy atom. The van der Waals surface area contributed by atoms with Crippen molar-refractivity contribution in [3.8, 4) is 11.3 Å². The molecule has 0 N–H and O–H groups in total. The van der Waals surface area contributed by atoms with E-state index in [2.05, 4.69) is 41.9 Å². The Morgan fingerprint density at radius 1 is 1.10 bits per heavy atom. The monoisotopic (exact) mass is 527 g/mol. The summed E-state index contributed by atoms with van der Waals surface area (Å²) < 4.78 is 9.07. The first-order valence-electron chi connectivity index (χ1n) is 9.46. The second kappa shape index (κ2) is 8.32. The molecule has 0 radical (unpaired) electrons. The summed E-state index contributed by atoms with van der Waals surface area (Å²) in [5.41, 5.74) is 2.56. The Hall–Kier alpha value is -2.51. The molecule has 0 fully saturated rings. The average molecular weight is 529 g/mol. The number of hydrogen-bond acceptors (Lipinski definition) is 4. The fraction of sp³-hybridized carbons (Fsp3) is 0.174. The van der Waals surface area contributed by atoms with Crippen molar-refractivity contribution in [3.05, 3.63) is 85.0 Å². The molecule has 0 atom stereocenters. The van der Waals surface area contributed by atoms with Crippen LogP contribution in [0, 0.1) is 6.92 Å². The first-order valence-corrected chi connectivity index (χ1v) is 11.0. The number of rotatable bonds is 4. The molecule has 4 aromatic rings. The van der Waals surface area contributed by atoms with E-state index >= 15 is 0 Å². The number of hydrogen-bond donors (Lipinski definition) is 0. The van der Waals surface area contributed by atoms with E-state index in [0.717, 1.165) is 25.8 Å². The summed E-state index contributed by atoms with van der Waals surface area (Å²) in [6.07, 6.45) is 1.55. The molecule has 2 aromatic carbocycles. The molecule has 0 spiro atoms. The maximum Gasteiger partial charge on any atom is 0.282 e. The third kappa shape index (κ3) is 4.04. The number of nitrogens with zero attached hydrogens (tertiary/aromatic N) is 3. The van der Waals surface area contributed by atoms with Gasteiger partial charge in [0, 0.05) is 20.4 Å².